The van der Waals surface area contributed by atoms with Crippen LogP contribution in [-0.4, -0.2) is 19.2 Å². The summed E-state index contributed by atoms with van der Waals surface area (Å²) in [4.78, 5) is 0. The predicted molar refractivity (Wildman–Crippen MR) is 70.3 cm³/mol. The van der Waals surface area contributed by atoms with Crippen LogP contribution in [0.5, 0.6) is 5.75 Å². The highest BCUT2D eigenvalue weighted by atomic mass is 16.5. The molecule has 3 heteroatoms. The number of hydrogen-bond donors (Lipinski definition) is 2. The van der Waals surface area contributed by atoms with Crippen molar-refractivity contribution in [2.24, 2.45) is 5.73 Å². The zero-order valence-corrected chi connectivity index (χ0v) is 11.0. The molecule has 3 N–H and O–H groups in total. The van der Waals surface area contributed by atoms with Gasteiger partial charge < -0.3 is 15.8 Å². The summed E-state index contributed by atoms with van der Waals surface area (Å²) in [5.41, 5.74) is 9.97. The van der Waals surface area contributed by atoms with Gasteiger partial charge in [0, 0.05) is 18.6 Å². The number of nitrogens with one attached hydrogen (secondary N) is 1. The van der Waals surface area contributed by atoms with E-state index in [1.54, 1.807) is 7.11 Å². The van der Waals surface area contributed by atoms with Gasteiger partial charge in [-0.1, -0.05) is 6.07 Å². The summed E-state index contributed by atoms with van der Waals surface area (Å²) in [6, 6.07) is 4.17. The highest BCUT2D eigenvalue weighted by Crippen LogP contribution is 2.31. The first-order valence-corrected chi connectivity index (χ1v) is 6.18. The molecule has 0 saturated heterocycles. The summed E-state index contributed by atoms with van der Waals surface area (Å²) in [6.07, 6.45) is 2.31. The van der Waals surface area contributed by atoms with Crippen LogP contribution in [0.15, 0.2) is 12.1 Å². The Labute approximate surface area is 103 Å². The maximum Gasteiger partial charge on any atom is 0.122 e. The lowest BCUT2D eigenvalue weighted by atomic mass is 10.0. The summed E-state index contributed by atoms with van der Waals surface area (Å²) in [6.45, 7) is 6.04. The van der Waals surface area contributed by atoms with Gasteiger partial charge in [0.05, 0.1) is 7.11 Å². The Kier molecular flexibility index (Phi) is 3.40. The van der Waals surface area contributed by atoms with Gasteiger partial charge in [0.15, 0.2) is 0 Å². The highest BCUT2D eigenvalue weighted by molar-refractivity contribution is 5.43. The van der Waals surface area contributed by atoms with Crippen molar-refractivity contribution in [3.63, 3.8) is 0 Å². The molecule has 0 spiro atoms. The Balaban J connectivity index is 1.98. The van der Waals surface area contributed by atoms with Gasteiger partial charge in [-0.05, 0) is 49.4 Å². The average molecular weight is 234 g/mol. The van der Waals surface area contributed by atoms with Gasteiger partial charge in [0.2, 0.25) is 0 Å². The van der Waals surface area contributed by atoms with Crippen molar-refractivity contribution in [3.8, 4) is 5.75 Å². The Hall–Kier alpha value is -1.06. The number of methoxy groups -OCH3 is 1. The Bertz CT molecular complexity index is 411. The number of hydrogen-bond acceptors (Lipinski definition) is 3. The minimum Gasteiger partial charge on any atom is -0.496 e. The maximum absolute atomic E-state index is 6.04. The third kappa shape index (κ3) is 2.79. The fourth-order valence-electron chi connectivity index (χ4n) is 2.05. The Morgan fingerprint density at radius 2 is 2.00 bits per heavy atom. The molecular weight excluding hydrogens is 212 g/mol. The van der Waals surface area contributed by atoms with Crippen molar-refractivity contribution in [3.05, 3.63) is 28.8 Å². The van der Waals surface area contributed by atoms with Crippen LogP contribution < -0.4 is 15.8 Å². The fourth-order valence-corrected chi connectivity index (χ4v) is 2.05. The summed E-state index contributed by atoms with van der Waals surface area (Å²) < 4.78 is 5.31. The minimum absolute atomic E-state index is 0.0788. The van der Waals surface area contributed by atoms with Gasteiger partial charge in [-0.2, -0.15) is 0 Å². The van der Waals surface area contributed by atoms with E-state index in [9.17, 15) is 0 Å². The number of rotatable bonds is 5. The van der Waals surface area contributed by atoms with Crippen LogP contribution in [-0.2, 0) is 6.54 Å². The number of benzene rings is 1. The molecule has 0 unspecified atom stereocenters. The molecule has 0 amide bonds. The molecular formula is C14H22N2O. The molecule has 1 aliphatic rings. The summed E-state index contributed by atoms with van der Waals surface area (Å²) in [5.74, 6) is 0.962. The van der Waals surface area contributed by atoms with Crippen molar-refractivity contribution in [1.29, 1.82) is 0 Å². The van der Waals surface area contributed by atoms with E-state index in [2.05, 4.69) is 25.2 Å². The molecule has 1 saturated carbocycles. The van der Waals surface area contributed by atoms with E-state index in [0.29, 0.717) is 0 Å². The molecule has 0 heterocycles. The molecule has 3 nitrogen and oxygen atoms in total. The Morgan fingerprint density at radius 3 is 2.59 bits per heavy atom. The van der Waals surface area contributed by atoms with Crippen LogP contribution in [0.2, 0.25) is 0 Å². The Morgan fingerprint density at radius 1 is 1.29 bits per heavy atom. The van der Waals surface area contributed by atoms with Crippen LogP contribution in [0.4, 0.5) is 0 Å². The van der Waals surface area contributed by atoms with Gasteiger partial charge in [0.1, 0.15) is 5.75 Å². The topological polar surface area (TPSA) is 47.3 Å². The van der Waals surface area contributed by atoms with Crippen LogP contribution in [0.25, 0.3) is 0 Å². The lowest BCUT2D eigenvalue weighted by Crippen LogP contribution is -2.35. The van der Waals surface area contributed by atoms with Gasteiger partial charge >= 0.3 is 0 Å². The van der Waals surface area contributed by atoms with E-state index in [1.165, 1.54) is 16.7 Å². The van der Waals surface area contributed by atoms with E-state index >= 15 is 0 Å². The molecule has 0 atom stereocenters. The first kappa shape index (κ1) is 12.4. The normalized spacial score (nSPS) is 16.9. The lowest BCUT2D eigenvalue weighted by molar-refractivity contribution is 0.411. The molecule has 1 aromatic carbocycles. The van der Waals surface area contributed by atoms with E-state index in [0.717, 1.165) is 31.7 Å². The van der Waals surface area contributed by atoms with E-state index in [1.807, 2.05) is 6.07 Å². The van der Waals surface area contributed by atoms with Crippen molar-refractivity contribution in [1.82, 2.24) is 5.32 Å². The second-order valence-electron chi connectivity index (χ2n) is 5.14. The number of nitrogens with two attached hydrogens (primary N) is 1. The zero-order chi connectivity index (χ0) is 12.5. The van der Waals surface area contributed by atoms with Crippen molar-refractivity contribution < 1.29 is 4.74 Å². The first-order chi connectivity index (χ1) is 8.06. The van der Waals surface area contributed by atoms with Gasteiger partial charge in [-0.25, -0.2) is 0 Å². The molecule has 0 aromatic heterocycles. The summed E-state index contributed by atoms with van der Waals surface area (Å²) in [5, 5.41) is 3.44. The quantitative estimate of drug-likeness (QED) is 0.818. The van der Waals surface area contributed by atoms with E-state index in [4.69, 9.17) is 10.5 Å². The third-order valence-electron chi connectivity index (χ3n) is 3.75. The molecule has 1 fully saturated rings. The SMILES string of the molecule is COc1ccc(CNCC2(N)CC2)c(C)c1C. The fraction of sp³-hybridized carbons (Fsp3) is 0.571. The molecule has 1 aliphatic carbocycles. The molecule has 2 rings (SSSR count). The average Bonchev–Trinajstić information content (AvgIpc) is 3.03. The number of ether oxygens (including phenoxy) is 1. The smallest absolute Gasteiger partial charge is 0.122 e. The molecule has 0 bridgehead atoms. The monoisotopic (exact) mass is 234 g/mol. The summed E-state index contributed by atoms with van der Waals surface area (Å²) >= 11 is 0. The summed E-state index contributed by atoms with van der Waals surface area (Å²) in [7, 11) is 1.71. The third-order valence-corrected chi connectivity index (χ3v) is 3.75. The molecule has 0 aliphatic heterocycles. The second-order valence-corrected chi connectivity index (χ2v) is 5.14. The minimum atomic E-state index is 0.0788. The first-order valence-electron chi connectivity index (χ1n) is 6.18. The largest absolute Gasteiger partial charge is 0.496 e. The van der Waals surface area contributed by atoms with E-state index < -0.39 is 0 Å². The molecule has 94 valence electrons. The van der Waals surface area contributed by atoms with E-state index in [-0.39, 0.29) is 5.54 Å². The second kappa shape index (κ2) is 4.67. The standard InChI is InChI=1S/C14H22N2O/c1-10-11(2)13(17-3)5-4-12(10)8-16-9-14(15)6-7-14/h4-5,16H,6-9,15H2,1-3H3. The van der Waals surface area contributed by atoms with Crippen LogP contribution in [0, 0.1) is 13.8 Å². The lowest BCUT2D eigenvalue weighted by Gasteiger charge is -2.15. The van der Waals surface area contributed by atoms with Crippen LogP contribution in [0.3, 0.4) is 0 Å². The van der Waals surface area contributed by atoms with Crippen LogP contribution in [0.1, 0.15) is 29.5 Å². The molecule has 1 aromatic rings. The molecule has 0 radical (unpaired) electrons. The van der Waals surface area contributed by atoms with Crippen LogP contribution >= 0.6 is 0 Å². The zero-order valence-electron chi connectivity index (χ0n) is 11.0. The van der Waals surface area contributed by atoms with Gasteiger partial charge in [-0.3, -0.25) is 0 Å². The molecule has 17 heavy (non-hydrogen) atoms. The highest BCUT2D eigenvalue weighted by Gasteiger charge is 2.37. The van der Waals surface area contributed by atoms with Gasteiger partial charge in [-0.15, -0.1) is 0 Å². The van der Waals surface area contributed by atoms with Crippen molar-refractivity contribution in [2.45, 2.75) is 38.8 Å². The van der Waals surface area contributed by atoms with Gasteiger partial charge in [0.25, 0.3) is 0 Å². The maximum atomic E-state index is 6.04. The predicted octanol–water partition coefficient (Wildman–Crippen LogP) is 1.89. The van der Waals surface area contributed by atoms with Crippen molar-refractivity contribution in [2.75, 3.05) is 13.7 Å². The van der Waals surface area contributed by atoms with Crippen molar-refractivity contribution >= 4 is 0 Å².